The number of halogens is 1. The lowest BCUT2D eigenvalue weighted by atomic mass is 10.1. The first-order chi connectivity index (χ1) is 9.49. The molecule has 0 saturated carbocycles. The van der Waals surface area contributed by atoms with E-state index in [1.165, 1.54) is 4.57 Å². The van der Waals surface area contributed by atoms with E-state index in [0.717, 1.165) is 15.7 Å². The molecule has 2 rings (SSSR count). The summed E-state index contributed by atoms with van der Waals surface area (Å²) in [5.74, 6) is -0.0149. The van der Waals surface area contributed by atoms with E-state index in [1.807, 2.05) is 30.3 Å². The predicted molar refractivity (Wildman–Crippen MR) is 80.8 cm³/mol. The SMILES string of the molecule is Cc1nc(=O)n(CC(=O)Cc2ccccc2)c(C)c1Br. The van der Waals surface area contributed by atoms with Crippen molar-refractivity contribution in [2.45, 2.75) is 26.8 Å². The normalized spacial score (nSPS) is 10.6. The maximum atomic E-state index is 12.1. The topological polar surface area (TPSA) is 52.0 Å². The van der Waals surface area contributed by atoms with Crippen molar-refractivity contribution in [2.75, 3.05) is 0 Å². The van der Waals surface area contributed by atoms with Gasteiger partial charge in [-0.1, -0.05) is 30.3 Å². The number of nitrogens with zero attached hydrogens (tertiary/aromatic N) is 2. The molecule has 0 aliphatic carbocycles. The number of rotatable bonds is 4. The zero-order valence-electron chi connectivity index (χ0n) is 11.4. The molecule has 0 spiro atoms. The Morgan fingerprint density at radius 2 is 1.90 bits per heavy atom. The molecule has 0 unspecified atom stereocenters. The van der Waals surface area contributed by atoms with Gasteiger partial charge in [0.2, 0.25) is 0 Å². The predicted octanol–water partition coefficient (Wildman–Crippen LogP) is 2.43. The number of carbonyl (C=O) groups is 1. The summed E-state index contributed by atoms with van der Waals surface area (Å²) >= 11 is 3.39. The first-order valence-corrected chi connectivity index (χ1v) is 7.07. The number of carbonyl (C=O) groups excluding carboxylic acids is 1. The smallest absolute Gasteiger partial charge is 0.297 e. The number of hydrogen-bond donors (Lipinski definition) is 0. The monoisotopic (exact) mass is 334 g/mol. The zero-order valence-corrected chi connectivity index (χ0v) is 13.0. The molecule has 0 radical (unpaired) electrons. The highest BCUT2D eigenvalue weighted by Gasteiger charge is 2.12. The van der Waals surface area contributed by atoms with Gasteiger partial charge in [0.1, 0.15) is 0 Å². The first-order valence-electron chi connectivity index (χ1n) is 6.28. The van der Waals surface area contributed by atoms with Gasteiger partial charge in [0.15, 0.2) is 5.78 Å². The summed E-state index contributed by atoms with van der Waals surface area (Å²) < 4.78 is 2.17. The number of aryl methyl sites for hydroxylation is 1. The Kier molecular flexibility index (Phi) is 4.49. The van der Waals surface area contributed by atoms with Crippen LogP contribution in [0.5, 0.6) is 0 Å². The van der Waals surface area contributed by atoms with Gasteiger partial charge in [-0.2, -0.15) is 4.98 Å². The van der Waals surface area contributed by atoms with E-state index >= 15 is 0 Å². The quantitative estimate of drug-likeness (QED) is 0.862. The van der Waals surface area contributed by atoms with Crippen molar-refractivity contribution in [3.8, 4) is 0 Å². The van der Waals surface area contributed by atoms with E-state index in [9.17, 15) is 9.59 Å². The van der Waals surface area contributed by atoms with E-state index < -0.39 is 0 Å². The maximum Gasteiger partial charge on any atom is 0.348 e. The lowest BCUT2D eigenvalue weighted by Gasteiger charge is -2.11. The Bertz CT molecular complexity index is 693. The second-order valence-corrected chi connectivity index (χ2v) is 5.46. The van der Waals surface area contributed by atoms with Crippen LogP contribution in [0.25, 0.3) is 0 Å². The van der Waals surface area contributed by atoms with Crippen LogP contribution in [0.3, 0.4) is 0 Å². The van der Waals surface area contributed by atoms with Gasteiger partial charge in [0.25, 0.3) is 0 Å². The molecule has 0 saturated heterocycles. The molecular formula is C15H15BrN2O2. The van der Waals surface area contributed by atoms with Gasteiger partial charge in [-0.15, -0.1) is 0 Å². The van der Waals surface area contributed by atoms with Crippen LogP contribution in [0.2, 0.25) is 0 Å². The third-order valence-corrected chi connectivity index (χ3v) is 4.26. The van der Waals surface area contributed by atoms with Gasteiger partial charge in [-0.3, -0.25) is 9.36 Å². The molecule has 1 aromatic carbocycles. The summed E-state index contributed by atoms with van der Waals surface area (Å²) in [7, 11) is 0. The van der Waals surface area contributed by atoms with Crippen LogP contribution in [-0.4, -0.2) is 15.3 Å². The van der Waals surface area contributed by atoms with Crippen LogP contribution in [-0.2, 0) is 17.8 Å². The molecule has 0 atom stereocenters. The fourth-order valence-corrected chi connectivity index (χ4v) is 2.32. The molecule has 4 nitrogen and oxygen atoms in total. The second-order valence-electron chi connectivity index (χ2n) is 4.67. The van der Waals surface area contributed by atoms with Crippen molar-refractivity contribution in [1.82, 2.24) is 9.55 Å². The Morgan fingerprint density at radius 3 is 2.55 bits per heavy atom. The lowest BCUT2D eigenvalue weighted by Crippen LogP contribution is -2.30. The fraction of sp³-hybridized carbons (Fsp3) is 0.267. The van der Waals surface area contributed by atoms with Crippen molar-refractivity contribution in [3.63, 3.8) is 0 Å². The van der Waals surface area contributed by atoms with E-state index in [-0.39, 0.29) is 18.0 Å². The molecule has 0 amide bonds. The first kappa shape index (κ1) is 14.7. The molecule has 1 aromatic heterocycles. The fourth-order valence-electron chi connectivity index (χ4n) is 2.02. The van der Waals surface area contributed by atoms with E-state index in [0.29, 0.717) is 12.1 Å². The molecule has 0 aliphatic rings. The maximum absolute atomic E-state index is 12.1. The minimum atomic E-state index is -0.385. The highest BCUT2D eigenvalue weighted by molar-refractivity contribution is 9.10. The molecule has 1 heterocycles. The van der Waals surface area contributed by atoms with Gasteiger partial charge in [-0.05, 0) is 35.3 Å². The molecule has 0 aliphatic heterocycles. The Labute approximate surface area is 125 Å². The van der Waals surface area contributed by atoms with Crippen molar-refractivity contribution in [2.24, 2.45) is 0 Å². The zero-order chi connectivity index (χ0) is 14.7. The van der Waals surface area contributed by atoms with Crippen molar-refractivity contribution < 1.29 is 4.79 Å². The number of aromatic nitrogens is 2. The molecule has 2 aromatic rings. The second kappa shape index (κ2) is 6.13. The molecule has 0 fully saturated rings. The summed E-state index contributed by atoms with van der Waals surface area (Å²) in [6.45, 7) is 3.61. The molecule has 0 bridgehead atoms. The van der Waals surface area contributed by atoms with Gasteiger partial charge in [-0.25, -0.2) is 4.79 Å². The Morgan fingerprint density at radius 1 is 1.25 bits per heavy atom. The van der Waals surface area contributed by atoms with E-state index in [2.05, 4.69) is 20.9 Å². The van der Waals surface area contributed by atoms with Crippen LogP contribution in [0.15, 0.2) is 39.6 Å². The summed E-state index contributed by atoms with van der Waals surface area (Å²) in [6, 6.07) is 9.49. The molecular weight excluding hydrogens is 320 g/mol. The van der Waals surface area contributed by atoms with Gasteiger partial charge in [0.05, 0.1) is 16.7 Å². The number of Topliss-reactive ketones (excluding diaryl/α,β-unsaturated/α-hetero) is 1. The third kappa shape index (κ3) is 3.22. The minimum absolute atomic E-state index is 0.0149. The average Bonchev–Trinajstić information content (AvgIpc) is 2.42. The highest BCUT2D eigenvalue weighted by Crippen LogP contribution is 2.16. The van der Waals surface area contributed by atoms with Gasteiger partial charge in [0, 0.05) is 12.1 Å². The van der Waals surface area contributed by atoms with Crippen LogP contribution in [0.1, 0.15) is 17.0 Å². The summed E-state index contributed by atoms with van der Waals surface area (Å²) in [5.41, 5.74) is 1.93. The number of benzene rings is 1. The van der Waals surface area contributed by atoms with Crippen LogP contribution >= 0.6 is 15.9 Å². The minimum Gasteiger partial charge on any atom is -0.297 e. The lowest BCUT2D eigenvalue weighted by molar-refractivity contribution is -0.119. The molecule has 0 N–H and O–H groups in total. The van der Waals surface area contributed by atoms with Crippen molar-refractivity contribution >= 4 is 21.7 Å². The van der Waals surface area contributed by atoms with E-state index in [1.54, 1.807) is 13.8 Å². The average molecular weight is 335 g/mol. The van der Waals surface area contributed by atoms with Gasteiger partial charge < -0.3 is 0 Å². The van der Waals surface area contributed by atoms with Crippen molar-refractivity contribution in [3.05, 3.63) is 62.2 Å². The number of hydrogen-bond acceptors (Lipinski definition) is 3. The largest absolute Gasteiger partial charge is 0.348 e. The molecule has 5 heteroatoms. The summed E-state index contributed by atoms with van der Waals surface area (Å²) in [4.78, 5) is 27.9. The standard InChI is InChI=1S/C15H15BrN2O2/c1-10-14(16)11(2)18(15(20)17-10)9-13(19)8-12-6-4-3-5-7-12/h3-7H,8-9H2,1-2H3. The van der Waals surface area contributed by atoms with Gasteiger partial charge >= 0.3 is 5.69 Å². The Balaban J connectivity index is 2.21. The van der Waals surface area contributed by atoms with Crippen LogP contribution < -0.4 is 5.69 Å². The third-order valence-electron chi connectivity index (χ3n) is 3.11. The van der Waals surface area contributed by atoms with E-state index in [4.69, 9.17) is 0 Å². The molecule has 20 heavy (non-hydrogen) atoms. The highest BCUT2D eigenvalue weighted by atomic mass is 79.9. The van der Waals surface area contributed by atoms with Crippen LogP contribution in [0, 0.1) is 13.8 Å². The number of ketones is 1. The summed E-state index contributed by atoms with van der Waals surface area (Å²) in [5, 5.41) is 0. The summed E-state index contributed by atoms with van der Waals surface area (Å²) in [6.07, 6.45) is 0.318. The molecule has 104 valence electrons. The van der Waals surface area contributed by atoms with Crippen molar-refractivity contribution in [1.29, 1.82) is 0 Å². The van der Waals surface area contributed by atoms with Crippen LogP contribution in [0.4, 0.5) is 0 Å². The Hall–Kier alpha value is -1.75.